The molecule has 1 aromatic rings. The molecule has 2 atom stereocenters. The summed E-state index contributed by atoms with van der Waals surface area (Å²) in [4.78, 5) is 2.37. The van der Waals surface area contributed by atoms with Crippen LogP contribution in [-0.4, -0.2) is 47.9 Å². The molecule has 0 heterocycles. The summed E-state index contributed by atoms with van der Waals surface area (Å²) in [5.74, 6) is 0. The Hall–Kier alpha value is -1.62. The Balaban J connectivity index is 2.76. The summed E-state index contributed by atoms with van der Waals surface area (Å²) >= 11 is 0. The molecule has 140 valence electrons. The van der Waals surface area contributed by atoms with Crippen molar-refractivity contribution in [2.24, 2.45) is 0 Å². The molecule has 25 heavy (non-hydrogen) atoms. The number of nitrogens with zero attached hydrogens (tertiary/aromatic N) is 1. The molecule has 0 spiro atoms. The zero-order valence-corrected chi connectivity index (χ0v) is 15.9. The van der Waals surface area contributed by atoms with Gasteiger partial charge in [-0.05, 0) is 62.2 Å². The molecule has 0 aliphatic rings. The van der Waals surface area contributed by atoms with Crippen molar-refractivity contribution < 1.29 is 10.2 Å². The molecule has 1 rings (SSSR count). The highest BCUT2D eigenvalue weighted by Crippen LogP contribution is 2.26. The first-order valence-corrected chi connectivity index (χ1v) is 9.23. The molecule has 2 unspecified atom stereocenters. The molecule has 0 saturated carbocycles. The van der Waals surface area contributed by atoms with E-state index in [2.05, 4.69) is 30.6 Å². The van der Waals surface area contributed by atoms with Crippen LogP contribution in [0.25, 0.3) is 0 Å². The van der Waals surface area contributed by atoms with Gasteiger partial charge in [0, 0.05) is 12.7 Å². The van der Waals surface area contributed by atoms with E-state index in [1.807, 2.05) is 43.5 Å². The first kappa shape index (κ1) is 21.4. The third-order valence-electron chi connectivity index (χ3n) is 4.60. The lowest BCUT2D eigenvalue weighted by molar-refractivity contribution is 0.0387. The Morgan fingerprint density at radius 3 is 2.36 bits per heavy atom. The standard InChI is InChI=1S/C21H34N2O2/c1-5-8-10-17(11-9-16-23(6-2)7-3)20(24)21(25)18-12-14-19(22-4)15-13-18/h5,10,12-15,20-22,24-25H,1,6-9,11,16H2,2-4H3/b17-10+. The van der Waals surface area contributed by atoms with Crippen LogP contribution in [0.3, 0.4) is 0 Å². The topological polar surface area (TPSA) is 55.7 Å². The average molecular weight is 347 g/mol. The smallest absolute Gasteiger partial charge is 0.109 e. The number of nitrogens with one attached hydrogen (secondary N) is 1. The summed E-state index contributed by atoms with van der Waals surface area (Å²) in [5.41, 5.74) is 2.59. The fraction of sp³-hybridized carbons (Fsp3) is 0.524. The van der Waals surface area contributed by atoms with E-state index in [0.29, 0.717) is 6.42 Å². The van der Waals surface area contributed by atoms with Crippen LogP contribution in [0.4, 0.5) is 5.69 Å². The molecule has 0 saturated heterocycles. The number of hydrogen-bond donors (Lipinski definition) is 3. The van der Waals surface area contributed by atoms with Crippen LogP contribution in [0.15, 0.2) is 48.6 Å². The number of hydrogen-bond acceptors (Lipinski definition) is 4. The van der Waals surface area contributed by atoms with Crippen LogP contribution < -0.4 is 5.32 Å². The quantitative estimate of drug-likeness (QED) is 0.505. The number of anilines is 1. The van der Waals surface area contributed by atoms with E-state index < -0.39 is 12.2 Å². The number of aliphatic hydroxyl groups is 2. The van der Waals surface area contributed by atoms with Crippen LogP contribution in [-0.2, 0) is 0 Å². The zero-order valence-electron chi connectivity index (χ0n) is 15.9. The SMILES string of the molecule is C=CC/C=C(\CCCN(CC)CC)C(O)C(O)c1ccc(NC)cc1. The van der Waals surface area contributed by atoms with Crippen molar-refractivity contribution in [3.05, 3.63) is 54.1 Å². The number of allylic oxidation sites excluding steroid dienone is 2. The van der Waals surface area contributed by atoms with Gasteiger partial charge in [0.25, 0.3) is 0 Å². The van der Waals surface area contributed by atoms with Gasteiger partial charge in [0.1, 0.15) is 12.2 Å². The monoisotopic (exact) mass is 346 g/mol. The summed E-state index contributed by atoms with van der Waals surface area (Å²) in [6.45, 7) is 11.1. The predicted molar refractivity (Wildman–Crippen MR) is 107 cm³/mol. The van der Waals surface area contributed by atoms with Crippen molar-refractivity contribution >= 4 is 5.69 Å². The lowest BCUT2D eigenvalue weighted by Crippen LogP contribution is -2.25. The summed E-state index contributed by atoms with van der Waals surface area (Å²) in [7, 11) is 1.85. The van der Waals surface area contributed by atoms with E-state index >= 15 is 0 Å². The summed E-state index contributed by atoms with van der Waals surface area (Å²) < 4.78 is 0. The van der Waals surface area contributed by atoms with Gasteiger partial charge in [0.05, 0.1) is 0 Å². The van der Waals surface area contributed by atoms with Crippen molar-refractivity contribution in [1.29, 1.82) is 0 Å². The second-order valence-corrected chi connectivity index (χ2v) is 6.20. The molecule has 1 aromatic carbocycles. The first-order valence-electron chi connectivity index (χ1n) is 9.23. The molecule has 0 aromatic heterocycles. The first-order chi connectivity index (χ1) is 12.1. The fourth-order valence-corrected chi connectivity index (χ4v) is 2.88. The lowest BCUT2D eigenvalue weighted by Gasteiger charge is -2.23. The van der Waals surface area contributed by atoms with Gasteiger partial charge in [0.15, 0.2) is 0 Å². The van der Waals surface area contributed by atoms with Crippen molar-refractivity contribution in [2.45, 2.75) is 45.3 Å². The Morgan fingerprint density at radius 1 is 1.20 bits per heavy atom. The van der Waals surface area contributed by atoms with Crippen molar-refractivity contribution in [2.75, 3.05) is 32.0 Å². The molecule has 0 aliphatic heterocycles. The second kappa shape index (κ2) is 11.9. The third-order valence-corrected chi connectivity index (χ3v) is 4.60. The lowest BCUT2D eigenvalue weighted by atomic mass is 9.94. The van der Waals surface area contributed by atoms with E-state index in [4.69, 9.17) is 0 Å². The summed E-state index contributed by atoms with van der Waals surface area (Å²) in [6.07, 6.45) is 4.43. The van der Waals surface area contributed by atoms with Crippen LogP contribution in [0.1, 0.15) is 44.8 Å². The minimum atomic E-state index is -0.921. The normalized spacial score (nSPS) is 14.4. The maximum absolute atomic E-state index is 10.7. The van der Waals surface area contributed by atoms with Gasteiger partial charge in [-0.3, -0.25) is 0 Å². The molecule has 4 heteroatoms. The number of aliphatic hydroxyl groups excluding tert-OH is 2. The summed E-state index contributed by atoms with van der Waals surface area (Å²) in [5, 5.41) is 24.3. The van der Waals surface area contributed by atoms with Gasteiger partial charge in [-0.2, -0.15) is 0 Å². The maximum Gasteiger partial charge on any atom is 0.109 e. The molecule has 0 fully saturated rings. The molecule has 3 N–H and O–H groups in total. The zero-order chi connectivity index (χ0) is 18.7. The van der Waals surface area contributed by atoms with Crippen molar-refractivity contribution in [3.8, 4) is 0 Å². The number of rotatable bonds is 12. The van der Waals surface area contributed by atoms with E-state index in [9.17, 15) is 10.2 Å². The molecule has 0 bridgehead atoms. The minimum Gasteiger partial charge on any atom is -0.388 e. The van der Waals surface area contributed by atoms with Gasteiger partial charge in [-0.25, -0.2) is 0 Å². The van der Waals surface area contributed by atoms with Gasteiger partial charge < -0.3 is 20.4 Å². The minimum absolute atomic E-state index is 0.697. The highest BCUT2D eigenvalue weighted by molar-refractivity contribution is 5.44. The van der Waals surface area contributed by atoms with Gasteiger partial charge in [0.2, 0.25) is 0 Å². The number of benzene rings is 1. The Morgan fingerprint density at radius 2 is 1.84 bits per heavy atom. The highest BCUT2D eigenvalue weighted by atomic mass is 16.3. The van der Waals surface area contributed by atoms with Gasteiger partial charge in [-0.15, -0.1) is 6.58 Å². The summed E-state index contributed by atoms with van der Waals surface area (Å²) in [6, 6.07) is 7.50. The Bertz CT molecular complexity index is 521. The molecule has 0 aliphatic carbocycles. The van der Waals surface area contributed by atoms with Crippen LogP contribution in [0.2, 0.25) is 0 Å². The Labute approximate surface area is 152 Å². The predicted octanol–water partition coefficient (Wildman–Crippen LogP) is 3.75. The molecule has 4 nitrogen and oxygen atoms in total. The highest BCUT2D eigenvalue weighted by Gasteiger charge is 2.22. The van der Waals surface area contributed by atoms with E-state index in [1.165, 1.54) is 0 Å². The van der Waals surface area contributed by atoms with E-state index in [1.54, 1.807) is 0 Å². The Kier molecular flexibility index (Phi) is 10.2. The van der Waals surface area contributed by atoms with E-state index in [0.717, 1.165) is 49.3 Å². The van der Waals surface area contributed by atoms with Crippen molar-refractivity contribution in [1.82, 2.24) is 4.90 Å². The van der Waals surface area contributed by atoms with E-state index in [-0.39, 0.29) is 0 Å². The third kappa shape index (κ3) is 7.02. The van der Waals surface area contributed by atoms with Crippen molar-refractivity contribution in [3.63, 3.8) is 0 Å². The molecular weight excluding hydrogens is 312 g/mol. The second-order valence-electron chi connectivity index (χ2n) is 6.20. The maximum atomic E-state index is 10.7. The molecular formula is C21H34N2O2. The van der Waals surface area contributed by atoms with Gasteiger partial charge >= 0.3 is 0 Å². The fourth-order valence-electron chi connectivity index (χ4n) is 2.88. The van der Waals surface area contributed by atoms with Crippen LogP contribution >= 0.6 is 0 Å². The molecule has 0 radical (unpaired) electrons. The molecule has 0 amide bonds. The van der Waals surface area contributed by atoms with Crippen LogP contribution in [0, 0.1) is 0 Å². The average Bonchev–Trinajstić information content (AvgIpc) is 2.66. The van der Waals surface area contributed by atoms with Crippen LogP contribution in [0.5, 0.6) is 0 Å². The van der Waals surface area contributed by atoms with Gasteiger partial charge in [-0.1, -0.05) is 38.1 Å². The largest absolute Gasteiger partial charge is 0.388 e.